The molecule has 1 amide bonds. The lowest BCUT2D eigenvalue weighted by Crippen LogP contribution is -2.41. The molecule has 0 saturated carbocycles. The van der Waals surface area contributed by atoms with E-state index in [1.54, 1.807) is 12.1 Å². The van der Waals surface area contributed by atoms with E-state index in [4.69, 9.17) is 9.57 Å². The van der Waals surface area contributed by atoms with Crippen LogP contribution in [0.4, 0.5) is 0 Å². The zero-order valence-corrected chi connectivity index (χ0v) is 16.6. The number of benzene rings is 2. The molecule has 1 atom stereocenters. The summed E-state index contributed by atoms with van der Waals surface area (Å²) < 4.78 is 4.85. The number of hydrogen-bond acceptors (Lipinski definition) is 5. The molecule has 0 aliphatic carbocycles. The van der Waals surface area contributed by atoms with E-state index in [0.717, 1.165) is 5.56 Å². The third kappa shape index (κ3) is 3.76. The van der Waals surface area contributed by atoms with Gasteiger partial charge in [-0.15, -0.1) is 0 Å². The number of ether oxygens (including phenoxy) is 1. The van der Waals surface area contributed by atoms with Gasteiger partial charge in [-0.05, 0) is 48.2 Å². The van der Waals surface area contributed by atoms with Crippen molar-refractivity contribution in [1.29, 1.82) is 0 Å². The molecule has 6 nitrogen and oxygen atoms in total. The second-order valence-electron chi connectivity index (χ2n) is 6.86. The van der Waals surface area contributed by atoms with Gasteiger partial charge in [-0.3, -0.25) is 4.79 Å². The van der Waals surface area contributed by atoms with Crippen molar-refractivity contribution in [2.24, 2.45) is 5.16 Å². The fraction of sp³-hybridized carbons (Fsp3) is 0.318. The molecular weight excluding hydrogens is 356 g/mol. The molecule has 146 valence electrons. The standard InChI is InChI=1S/C22H24N2O4/c1-14-6-5-7-15(2)20(14)16-8-10-17(11-9-16)21(25)24-13-18(23-28-4)12-19(24)22(26)27-3/h5-11,19H,12-13H2,1-4H3/b23-18+/t19-/m0/s1. The summed E-state index contributed by atoms with van der Waals surface area (Å²) in [5.74, 6) is -0.688. The number of amides is 1. The number of likely N-dealkylation sites (tertiary alicyclic amines) is 1. The summed E-state index contributed by atoms with van der Waals surface area (Å²) in [5, 5.41) is 3.91. The highest BCUT2D eigenvalue weighted by molar-refractivity contribution is 6.04. The van der Waals surface area contributed by atoms with Crippen LogP contribution in [0.5, 0.6) is 0 Å². The minimum Gasteiger partial charge on any atom is -0.467 e. The van der Waals surface area contributed by atoms with Gasteiger partial charge < -0.3 is 14.5 Å². The van der Waals surface area contributed by atoms with Gasteiger partial charge in [0.05, 0.1) is 19.4 Å². The molecule has 0 radical (unpaired) electrons. The van der Waals surface area contributed by atoms with Crippen LogP contribution in [0.15, 0.2) is 47.6 Å². The van der Waals surface area contributed by atoms with Crippen LogP contribution in [0.25, 0.3) is 11.1 Å². The van der Waals surface area contributed by atoms with Crippen LogP contribution in [-0.4, -0.2) is 49.3 Å². The van der Waals surface area contributed by atoms with Crippen LogP contribution in [0.2, 0.25) is 0 Å². The topological polar surface area (TPSA) is 68.2 Å². The average molecular weight is 380 g/mol. The summed E-state index contributed by atoms with van der Waals surface area (Å²) in [4.78, 5) is 31.4. The Balaban J connectivity index is 1.88. The third-order valence-electron chi connectivity index (χ3n) is 5.01. The molecule has 0 N–H and O–H groups in total. The zero-order valence-electron chi connectivity index (χ0n) is 16.6. The Bertz CT molecular complexity index is 898. The van der Waals surface area contributed by atoms with Crippen LogP contribution >= 0.6 is 0 Å². The van der Waals surface area contributed by atoms with Gasteiger partial charge in [-0.1, -0.05) is 35.5 Å². The number of methoxy groups -OCH3 is 1. The number of carbonyl (C=O) groups is 2. The third-order valence-corrected chi connectivity index (χ3v) is 5.01. The number of aryl methyl sites for hydroxylation is 2. The molecule has 2 aromatic carbocycles. The molecule has 1 heterocycles. The predicted molar refractivity (Wildman–Crippen MR) is 107 cm³/mol. The highest BCUT2D eigenvalue weighted by Crippen LogP contribution is 2.28. The van der Waals surface area contributed by atoms with Crippen LogP contribution < -0.4 is 0 Å². The first-order chi connectivity index (χ1) is 13.5. The largest absolute Gasteiger partial charge is 0.467 e. The first-order valence-electron chi connectivity index (χ1n) is 9.10. The number of esters is 1. The van der Waals surface area contributed by atoms with Crippen molar-refractivity contribution in [2.45, 2.75) is 26.3 Å². The second-order valence-corrected chi connectivity index (χ2v) is 6.86. The average Bonchev–Trinajstić information content (AvgIpc) is 3.11. The SMILES string of the molecule is CO/N=C1\C[C@@H](C(=O)OC)N(C(=O)c2ccc(-c3c(C)cccc3C)cc2)C1. The van der Waals surface area contributed by atoms with Crippen molar-refractivity contribution in [2.75, 3.05) is 20.8 Å². The molecular formula is C22H24N2O4. The van der Waals surface area contributed by atoms with Gasteiger partial charge >= 0.3 is 5.97 Å². The van der Waals surface area contributed by atoms with E-state index in [1.165, 1.54) is 35.8 Å². The minimum atomic E-state index is -0.690. The molecule has 1 fully saturated rings. The van der Waals surface area contributed by atoms with E-state index in [9.17, 15) is 9.59 Å². The van der Waals surface area contributed by atoms with E-state index in [2.05, 4.69) is 31.1 Å². The zero-order chi connectivity index (χ0) is 20.3. The Hall–Kier alpha value is -3.15. The molecule has 2 aromatic rings. The van der Waals surface area contributed by atoms with Crippen molar-refractivity contribution in [3.05, 3.63) is 59.2 Å². The van der Waals surface area contributed by atoms with Gasteiger partial charge in [0.2, 0.25) is 0 Å². The molecule has 6 heteroatoms. The van der Waals surface area contributed by atoms with Crippen molar-refractivity contribution in [3.63, 3.8) is 0 Å². The van der Waals surface area contributed by atoms with Crippen molar-refractivity contribution >= 4 is 17.6 Å². The van der Waals surface area contributed by atoms with E-state index in [-0.39, 0.29) is 12.5 Å². The van der Waals surface area contributed by atoms with Crippen molar-refractivity contribution in [3.8, 4) is 11.1 Å². The molecule has 0 bridgehead atoms. The monoisotopic (exact) mass is 380 g/mol. The molecule has 28 heavy (non-hydrogen) atoms. The van der Waals surface area contributed by atoms with E-state index in [0.29, 0.717) is 17.7 Å². The number of hydrogen-bond donors (Lipinski definition) is 0. The fourth-order valence-corrected chi connectivity index (χ4v) is 3.68. The van der Waals surface area contributed by atoms with E-state index < -0.39 is 12.0 Å². The second kappa shape index (κ2) is 8.25. The molecule has 0 aromatic heterocycles. The summed E-state index contributed by atoms with van der Waals surface area (Å²) in [6.07, 6.45) is 0.312. The normalized spacial score (nSPS) is 17.6. The Morgan fingerprint density at radius 1 is 1.04 bits per heavy atom. The lowest BCUT2D eigenvalue weighted by Gasteiger charge is -2.22. The lowest BCUT2D eigenvalue weighted by molar-refractivity contribution is -0.145. The summed E-state index contributed by atoms with van der Waals surface area (Å²) in [6.45, 7) is 4.39. The van der Waals surface area contributed by atoms with Gasteiger partial charge in [0.15, 0.2) is 0 Å². The number of oxime groups is 1. The Kier molecular flexibility index (Phi) is 5.78. The smallest absolute Gasteiger partial charge is 0.329 e. The highest BCUT2D eigenvalue weighted by Gasteiger charge is 2.39. The number of rotatable bonds is 4. The summed E-state index contributed by atoms with van der Waals surface area (Å²) in [5.41, 5.74) is 5.75. The highest BCUT2D eigenvalue weighted by atomic mass is 16.6. The Morgan fingerprint density at radius 2 is 1.68 bits per heavy atom. The van der Waals surface area contributed by atoms with Crippen molar-refractivity contribution in [1.82, 2.24) is 4.90 Å². The summed E-state index contributed by atoms with van der Waals surface area (Å²) in [6, 6.07) is 13.0. The minimum absolute atomic E-state index is 0.232. The maximum Gasteiger partial charge on any atom is 0.329 e. The van der Waals surface area contributed by atoms with Gasteiger partial charge in [0.1, 0.15) is 13.2 Å². The van der Waals surface area contributed by atoms with Gasteiger partial charge in [-0.2, -0.15) is 0 Å². The van der Waals surface area contributed by atoms with E-state index in [1.807, 2.05) is 18.2 Å². The molecule has 1 saturated heterocycles. The molecule has 3 rings (SSSR count). The van der Waals surface area contributed by atoms with Gasteiger partial charge in [-0.25, -0.2) is 4.79 Å². The lowest BCUT2D eigenvalue weighted by atomic mass is 9.95. The van der Waals surface area contributed by atoms with Crippen LogP contribution in [0, 0.1) is 13.8 Å². The maximum atomic E-state index is 13.0. The number of carbonyl (C=O) groups excluding carboxylic acids is 2. The first kappa shape index (κ1) is 19.6. The number of nitrogens with zero attached hydrogens (tertiary/aromatic N) is 2. The Labute approximate surface area is 164 Å². The molecule has 0 unspecified atom stereocenters. The first-order valence-corrected chi connectivity index (χ1v) is 9.10. The van der Waals surface area contributed by atoms with E-state index >= 15 is 0 Å². The van der Waals surface area contributed by atoms with Gasteiger partial charge in [0, 0.05) is 12.0 Å². The molecule has 0 spiro atoms. The molecule has 1 aliphatic heterocycles. The van der Waals surface area contributed by atoms with Crippen LogP contribution in [0.3, 0.4) is 0 Å². The maximum absolute atomic E-state index is 13.0. The summed E-state index contributed by atoms with van der Waals surface area (Å²) >= 11 is 0. The Morgan fingerprint density at radius 3 is 2.25 bits per heavy atom. The van der Waals surface area contributed by atoms with Crippen LogP contribution in [0.1, 0.15) is 27.9 Å². The predicted octanol–water partition coefficient (Wildman–Crippen LogP) is 3.36. The quantitative estimate of drug-likeness (QED) is 0.602. The molecule has 1 aliphatic rings. The summed E-state index contributed by atoms with van der Waals surface area (Å²) in [7, 11) is 2.76. The van der Waals surface area contributed by atoms with Crippen molar-refractivity contribution < 1.29 is 19.2 Å². The van der Waals surface area contributed by atoms with Gasteiger partial charge in [0.25, 0.3) is 5.91 Å². The van der Waals surface area contributed by atoms with Crippen LogP contribution in [-0.2, 0) is 14.4 Å². The fourth-order valence-electron chi connectivity index (χ4n) is 3.68.